The Morgan fingerprint density at radius 2 is 2.15 bits per heavy atom. The molecule has 13 heavy (non-hydrogen) atoms. The Labute approximate surface area is 87.2 Å². The van der Waals surface area contributed by atoms with E-state index in [0.717, 1.165) is 17.4 Å². The summed E-state index contributed by atoms with van der Waals surface area (Å²) in [5.41, 5.74) is 2.07. The van der Waals surface area contributed by atoms with Crippen molar-refractivity contribution in [3.63, 3.8) is 0 Å². The maximum absolute atomic E-state index is 10.8. The van der Waals surface area contributed by atoms with Crippen LogP contribution in [0.1, 0.15) is 12.8 Å². The van der Waals surface area contributed by atoms with Gasteiger partial charge in [0.25, 0.3) is 0 Å². The van der Waals surface area contributed by atoms with Crippen molar-refractivity contribution in [3.8, 4) is 0 Å². The molecule has 0 radical (unpaired) electrons. The zero-order valence-electron chi connectivity index (χ0n) is 7.28. The smallest absolute Gasteiger partial charge is 0.244 e. The molecule has 1 fully saturated rings. The van der Waals surface area contributed by atoms with Crippen LogP contribution in [-0.4, -0.2) is 34.0 Å². The minimum absolute atomic E-state index is 0.188. The van der Waals surface area contributed by atoms with Gasteiger partial charge in [-0.05, 0) is 12.8 Å². The average Bonchev–Trinajstić information content (AvgIpc) is 2.66. The van der Waals surface area contributed by atoms with Crippen molar-refractivity contribution in [3.05, 3.63) is 0 Å². The Bertz CT molecular complexity index is 204. The highest BCUT2D eigenvalue weighted by molar-refractivity contribution is 8.23. The fourth-order valence-electron chi connectivity index (χ4n) is 1.16. The molecule has 0 aromatic heterocycles. The summed E-state index contributed by atoms with van der Waals surface area (Å²) in [5, 5.41) is 0. The first-order chi connectivity index (χ1) is 6.24. The Morgan fingerprint density at radius 3 is 2.69 bits per heavy atom. The number of thiocarbonyl (C=S) groups is 1. The summed E-state index contributed by atoms with van der Waals surface area (Å²) >= 11 is 6.52. The molecule has 0 spiro atoms. The van der Waals surface area contributed by atoms with Gasteiger partial charge in [0.2, 0.25) is 5.91 Å². The van der Waals surface area contributed by atoms with Crippen molar-refractivity contribution in [1.82, 2.24) is 10.3 Å². The average molecular weight is 219 g/mol. The summed E-state index contributed by atoms with van der Waals surface area (Å²) in [7, 11) is 0. The standard InChI is InChI=1S/C7H13N3OS2/c8-9-6(11)5-13-7(12)10-3-1-2-4-10/h1-5,8H2,(H,9,11). The molecule has 0 aromatic rings. The molecule has 1 amide bonds. The fourth-order valence-corrected chi connectivity index (χ4v) is 2.22. The second-order valence-electron chi connectivity index (χ2n) is 2.82. The zero-order valence-corrected chi connectivity index (χ0v) is 8.92. The Morgan fingerprint density at radius 1 is 1.54 bits per heavy atom. The Kier molecular flexibility index (Phi) is 4.47. The molecule has 0 saturated carbocycles. The van der Waals surface area contributed by atoms with E-state index in [2.05, 4.69) is 10.3 Å². The summed E-state index contributed by atoms with van der Waals surface area (Å²) in [4.78, 5) is 12.9. The van der Waals surface area contributed by atoms with Gasteiger partial charge in [-0.3, -0.25) is 10.2 Å². The maximum Gasteiger partial charge on any atom is 0.244 e. The maximum atomic E-state index is 10.8. The molecule has 1 aliphatic heterocycles. The van der Waals surface area contributed by atoms with Gasteiger partial charge in [-0.2, -0.15) is 0 Å². The number of amides is 1. The van der Waals surface area contributed by atoms with Crippen LogP contribution in [-0.2, 0) is 4.79 Å². The van der Waals surface area contributed by atoms with Crippen LogP contribution in [0.5, 0.6) is 0 Å². The molecule has 1 heterocycles. The number of likely N-dealkylation sites (tertiary alicyclic amines) is 1. The van der Waals surface area contributed by atoms with Gasteiger partial charge >= 0.3 is 0 Å². The van der Waals surface area contributed by atoms with E-state index in [9.17, 15) is 4.79 Å². The highest BCUT2D eigenvalue weighted by Gasteiger charge is 2.15. The van der Waals surface area contributed by atoms with Crippen molar-refractivity contribution in [1.29, 1.82) is 0 Å². The molecule has 1 rings (SSSR count). The van der Waals surface area contributed by atoms with Gasteiger partial charge in [0.15, 0.2) is 0 Å². The number of nitrogens with one attached hydrogen (secondary N) is 1. The van der Waals surface area contributed by atoms with E-state index in [1.54, 1.807) is 0 Å². The molecule has 4 nitrogen and oxygen atoms in total. The number of carbonyl (C=O) groups excluding carboxylic acids is 1. The lowest BCUT2D eigenvalue weighted by atomic mass is 10.4. The molecule has 74 valence electrons. The van der Waals surface area contributed by atoms with E-state index in [4.69, 9.17) is 18.1 Å². The third kappa shape index (κ3) is 3.50. The van der Waals surface area contributed by atoms with Crippen molar-refractivity contribution in [2.75, 3.05) is 18.8 Å². The minimum Gasteiger partial charge on any atom is -0.358 e. The third-order valence-electron chi connectivity index (χ3n) is 1.85. The quantitative estimate of drug-likeness (QED) is 0.298. The molecule has 0 unspecified atom stereocenters. The van der Waals surface area contributed by atoms with E-state index in [1.807, 2.05) is 0 Å². The van der Waals surface area contributed by atoms with Gasteiger partial charge in [0, 0.05) is 13.1 Å². The first kappa shape index (κ1) is 10.7. The summed E-state index contributed by atoms with van der Waals surface area (Å²) in [5.74, 6) is 5.06. The number of hydrogen-bond donors (Lipinski definition) is 2. The molecule has 0 atom stereocenters. The second-order valence-corrected chi connectivity index (χ2v) is 4.43. The lowest BCUT2D eigenvalue weighted by Gasteiger charge is -2.16. The van der Waals surface area contributed by atoms with Gasteiger partial charge in [-0.15, -0.1) is 0 Å². The number of nitrogens with two attached hydrogens (primary N) is 1. The number of thioether (sulfide) groups is 1. The Balaban J connectivity index is 2.20. The molecule has 3 N–H and O–H groups in total. The van der Waals surface area contributed by atoms with E-state index in [-0.39, 0.29) is 5.91 Å². The normalized spacial score (nSPS) is 15.9. The highest BCUT2D eigenvalue weighted by Crippen LogP contribution is 2.15. The summed E-state index contributed by atoms with van der Waals surface area (Å²) in [6.07, 6.45) is 2.40. The summed E-state index contributed by atoms with van der Waals surface area (Å²) < 4.78 is 0.807. The van der Waals surface area contributed by atoms with Gasteiger partial charge < -0.3 is 4.90 Å². The van der Waals surface area contributed by atoms with Crippen molar-refractivity contribution in [2.24, 2.45) is 5.84 Å². The number of hydrazine groups is 1. The number of rotatable bonds is 2. The molecule has 1 aliphatic rings. The van der Waals surface area contributed by atoms with Gasteiger partial charge in [-0.25, -0.2) is 5.84 Å². The number of carbonyl (C=O) groups is 1. The van der Waals surface area contributed by atoms with Gasteiger partial charge in [0.1, 0.15) is 4.32 Å². The second kappa shape index (κ2) is 5.41. The van der Waals surface area contributed by atoms with Crippen LogP contribution in [0.3, 0.4) is 0 Å². The summed E-state index contributed by atoms with van der Waals surface area (Å²) in [6.45, 7) is 2.05. The van der Waals surface area contributed by atoms with Crippen LogP contribution in [0.25, 0.3) is 0 Å². The first-order valence-corrected chi connectivity index (χ1v) is 5.54. The molecule has 1 saturated heterocycles. The fraction of sp³-hybridized carbons (Fsp3) is 0.714. The molecule has 0 aliphatic carbocycles. The van der Waals surface area contributed by atoms with Crippen LogP contribution in [0.4, 0.5) is 0 Å². The lowest BCUT2D eigenvalue weighted by Crippen LogP contribution is -2.33. The highest BCUT2D eigenvalue weighted by atomic mass is 32.2. The monoisotopic (exact) mass is 219 g/mol. The predicted molar refractivity (Wildman–Crippen MR) is 58.2 cm³/mol. The van der Waals surface area contributed by atoms with Crippen LogP contribution < -0.4 is 11.3 Å². The third-order valence-corrected chi connectivity index (χ3v) is 3.38. The lowest BCUT2D eigenvalue weighted by molar-refractivity contribution is -0.118. The van der Waals surface area contributed by atoms with Crippen molar-refractivity contribution < 1.29 is 4.79 Å². The first-order valence-electron chi connectivity index (χ1n) is 4.15. The van der Waals surface area contributed by atoms with Crippen LogP contribution in [0, 0.1) is 0 Å². The van der Waals surface area contributed by atoms with Crippen LogP contribution >= 0.6 is 24.0 Å². The van der Waals surface area contributed by atoms with Crippen LogP contribution in [0.15, 0.2) is 0 Å². The largest absolute Gasteiger partial charge is 0.358 e. The van der Waals surface area contributed by atoms with Crippen molar-refractivity contribution >= 4 is 34.2 Å². The molecule has 0 bridgehead atoms. The van der Waals surface area contributed by atoms with E-state index in [1.165, 1.54) is 24.6 Å². The van der Waals surface area contributed by atoms with E-state index in [0.29, 0.717) is 5.75 Å². The number of nitrogens with zero attached hydrogens (tertiary/aromatic N) is 1. The van der Waals surface area contributed by atoms with E-state index >= 15 is 0 Å². The predicted octanol–water partition coefficient (Wildman–Crippen LogP) is 0.0902. The Hall–Kier alpha value is -0.330. The zero-order chi connectivity index (χ0) is 9.68. The van der Waals surface area contributed by atoms with Crippen LogP contribution in [0.2, 0.25) is 0 Å². The molecular weight excluding hydrogens is 206 g/mol. The summed E-state index contributed by atoms with van der Waals surface area (Å²) in [6, 6.07) is 0. The van der Waals surface area contributed by atoms with Gasteiger partial charge in [0.05, 0.1) is 5.75 Å². The van der Waals surface area contributed by atoms with Crippen molar-refractivity contribution in [2.45, 2.75) is 12.8 Å². The number of hydrogen-bond acceptors (Lipinski definition) is 4. The molecule has 0 aromatic carbocycles. The SMILES string of the molecule is NNC(=O)CSC(=S)N1CCCC1. The molecule has 6 heteroatoms. The topological polar surface area (TPSA) is 58.4 Å². The van der Waals surface area contributed by atoms with E-state index < -0.39 is 0 Å². The van der Waals surface area contributed by atoms with Gasteiger partial charge in [-0.1, -0.05) is 24.0 Å². The molecular formula is C7H13N3OS2. The minimum atomic E-state index is -0.188.